The zero-order valence-corrected chi connectivity index (χ0v) is 20.0. The number of hydrogen-bond donors (Lipinski definition) is 2. The molecule has 31 heavy (non-hydrogen) atoms. The average molecular weight is 529 g/mol. The van der Waals surface area contributed by atoms with E-state index in [4.69, 9.17) is 11.2 Å². The van der Waals surface area contributed by atoms with Crippen molar-refractivity contribution in [2.24, 2.45) is 4.99 Å². The molecule has 0 amide bonds. The molecule has 1 aromatic heterocycles. The first-order chi connectivity index (χ1) is 14.8. The van der Waals surface area contributed by atoms with Gasteiger partial charge in [-0.25, -0.2) is 0 Å². The topological polar surface area (TPSA) is 63.5 Å². The van der Waals surface area contributed by atoms with Crippen LogP contribution < -0.4 is 15.4 Å². The number of rotatable bonds is 9. The smallest absolute Gasteiger partial charge is 0.191 e. The zero-order valence-electron chi connectivity index (χ0n) is 17.6. The van der Waals surface area contributed by atoms with Crippen LogP contribution in [0.2, 0.25) is 0 Å². The van der Waals surface area contributed by atoms with Crippen LogP contribution in [-0.2, 0) is 19.5 Å². The van der Waals surface area contributed by atoms with Gasteiger partial charge in [0.1, 0.15) is 12.4 Å². The molecule has 2 aromatic carbocycles. The van der Waals surface area contributed by atoms with Gasteiger partial charge in [-0.2, -0.15) is 5.10 Å². The number of halogens is 1. The Kier molecular flexibility index (Phi) is 10.4. The molecule has 6 nitrogen and oxygen atoms in total. The van der Waals surface area contributed by atoms with Gasteiger partial charge in [0.15, 0.2) is 5.96 Å². The fourth-order valence-electron chi connectivity index (χ4n) is 3.05. The Morgan fingerprint density at radius 1 is 1.10 bits per heavy atom. The molecule has 0 unspecified atom stereocenters. The molecule has 2 N–H and O–H groups in total. The Balaban J connectivity index is 0.00000341. The predicted molar refractivity (Wildman–Crippen MR) is 136 cm³/mol. The van der Waals surface area contributed by atoms with Crippen LogP contribution in [0.4, 0.5) is 0 Å². The third-order valence-electron chi connectivity index (χ3n) is 4.63. The molecule has 0 saturated heterocycles. The first-order valence-corrected chi connectivity index (χ1v) is 9.92. The Labute approximate surface area is 201 Å². The lowest BCUT2D eigenvalue weighted by Gasteiger charge is -2.14. The highest BCUT2D eigenvalue weighted by Gasteiger charge is 2.05. The molecule has 7 heteroatoms. The van der Waals surface area contributed by atoms with Gasteiger partial charge >= 0.3 is 0 Å². The summed E-state index contributed by atoms with van der Waals surface area (Å²) in [4.78, 5) is 4.33. The second kappa shape index (κ2) is 13.3. The first-order valence-electron chi connectivity index (χ1n) is 9.92. The summed E-state index contributed by atoms with van der Waals surface area (Å²) in [6.07, 6.45) is 9.86. The SMILES string of the molecule is C#CCOc1ccc(CCNC(=NC)NCc2ccccc2Cn2cccn2)cc1.I. The van der Waals surface area contributed by atoms with Crippen LogP contribution in [0.25, 0.3) is 0 Å². The molecule has 0 fully saturated rings. The first kappa shape index (κ1) is 24.3. The van der Waals surface area contributed by atoms with Gasteiger partial charge in [0.05, 0.1) is 6.54 Å². The van der Waals surface area contributed by atoms with Gasteiger partial charge in [-0.1, -0.05) is 42.3 Å². The number of nitrogens with one attached hydrogen (secondary N) is 2. The van der Waals surface area contributed by atoms with Gasteiger partial charge < -0.3 is 15.4 Å². The molecule has 162 valence electrons. The van der Waals surface area contributed by atoms with Gasteiger partial charge in [-0.15, -0.1) is 30.4 Å². The van der Waals surface area contributed by atoms with Crippen molar-refractivity contribution in [3.8, 4) is 18.1 Å². The van der Waals surface area contributed by atoms with Crippen LogP contribution in [0.15, 0.2) is 72.0 Å². The standard InChI is InChI=1S/C24H27N5O.HI/c1-3-17-30-23-11-9-20(10-12-23)13-15-26-24(25-2)27-18-21-7-4-5-8-22(21)19-29-16-6-14-28-29;/h1,4-12,14,16H,13,15,17-19H2,2H3,(H2,25,26,27);1H. The van der Waals surface area contributed by atoms with E-state index >= 15 is 0 Å². The second-order valence-electron chi connectivity index (χ2n) is 6.71. The zero-order chi connectivity index (χ0) is 21.0. The van der Waals surface area contributed by atoms with Crippen molar-refractivity contribution in [3.05, 3.63) is 83.7 Å². The minimum absolute atomic E-state index is 0. The maximum Gasteiger partial charge on any atom is 0.191 e. The molecule has 3 rings (SSSR count). The molecule has 0 aliphatic heterocycles. The molecule has 0 saturated carbocycles. The summed E-state index contributed by atoms with van der Waals surface area (Å²) < 4.78 is 7.33. The van der Waals surface area contributed by atoms with Gasteiger partial charge in [-0.05, 0) is 41.3 Å². The molecule has 3 aromatic rings. The van der Waals surface area contributed by atoms with Crippen molar-refractivity contribution in [1.29, 1.82) is 0 Å². The minimum atomic E-state index is 0. The number of benzene rings is 2. The van der Waals surface area contributed by atoms with Gasteiger partial charge in [0.25, 0.3) is 0 Å². The van der Waals surface area contributed by atoms with Crippen molar-refractivity contribution in [1.82, 2.24) is 20.4 Å². The molecule has 0 radical (unpaired) electrons. The van der Waals surface area contributed by atoms with Crippen LogP contribution in [-0.4, -0.2) is 35.9 Å². The fourth-order valence-corrected chi connectivity index (χ4v) is 3.05. The average Bonchev–Trinajstić information content (AvgIpc) is 3.29. The summed E-state index contributed by atoms with van der Waals surface area (Å²) in [5.74, 6) is 4.03. The Hall–Kier alpha value is -2.99. The second-order valence-corrected chi connectivity index (χ2v) is 6.71. The maximum atomic E-state index is 5.40. The van der Waals surface area contributed by atoms with Crippen LogP contribution in [0.5, 0.6) is 5.75 Å². The molecule has 1 heterocycles. The van der Waals surface area contributed by atoms with E-state index in [0.717, 1.165) is 31.2 Å². The highest BCUT2D eigenvalue weighted by Crippen LogP contribution is 2.12. The summed E-state index contributed by atoms with van der Waals surface area (Å²) in [5.41, 5.74) is 3.67. The van der Waals surface area contributed by atoms with Gasteiger partial charge in [0, 0.05) is 32.5 Å². The largest absolute Gasteiger partial charge is 0.481 e. The van der Waals surface area contributed by atoms with E-state index < -0.39 is 0 Å². The summed E-state index contributed by atoms with van der Waals surface area (Å²) in [6, 6.07) is 18.3. The number of aromatic nitrogens is 2. The van der Waals surface area contributed by atoms with E-state index in [1.807, 2.05) is 29.1 Å². The normalized spacial score (nSPS) is 10.6. The number of hydrogen-bond acceptors (Lipinski definition) is 3. The molecule has 0 bridgehead atoms. The van der Waals surface area contributed by atoms with Crippen molar-refractivity contribution in [2.45, 2.75) is 19.5 Å². The summed E-state index contributed by atoms with van der Waals surface area (Å²) in [5, 5.41) is 11.1. The van der Waals surface area contributed by atoms with E-state index in [-0.39, 0.29) is 30.6 Å². The summed E-state index contributed by atoms with van der Waals surface area (Å²) in [6.45, 7) is 2.50. The summed E-state index contributed by atoms with van der Waals surface area (Å²) >= 11 is 0. The van der Waals surface area contributed by atoms with E-state index in [1.54, 1.807) is 13.2 Å². The Morgan fingerprint density at radius 2 is 1.87 bits per heavy atom. The monoisotopic (exact) mass is 529 g/mol. The number of guanidine groups is 1. The number of nitrogens with zero attached hydrogens (tertiary/aromatic N) is 3. The highest BCUT2D eigenvalue weighted by molar-refractivity contribution is 14.0. The molecule has 0 aliphatic rings. The quantitative estimate of drug-likeness (QED) is 0.193. The van der Waals surface area contributed by atoms with Crippen LogP contribution in [0.1, 0.15) is 16.7 Å². The lowest BCUT2D eigenvalue weighted by Crippen LogP contribution is -2.38. The van der Waals surface area contributed by atoms with E-state index in [9.17, 15) is 0 Å². The lowest BCUT2D eigenvalue weighted by atomic mass is 10.1. The third kappa shape index (κ3) is 7.98. The predicted octanol–water partition coefficient (Wildman–Crippen LogP) is 3.47. The van der Waals surface area contributed by atoms with Crippen molar-refractivity contribution < 1.29 is 4.74 Å². The number of terminal acetylenes is 1. The summed E-state index contributed by atoms with van der Waals surface area (Å²) in [7, 11) is 1.78. The minimum Gasteiger partial charge on any atom is -0.481 e. The van der Waals surface area contributed by atoms with Crippen molar-refractivity contribution >= 4 is 29.9 Å². The van der Waals surface area contributed by atoms with Gasteiger partial charge in [0.2, 0.25) is 0 Å². The van der Waals surface area contributed by atoms with Crippen LogP contribution in [0.3, 0.4) is 0 Å². The van der Waals surface area contributed by atoms with Crippen molar-refractivity contribution in [2.75, 3.05) is 20.2 Å². The maximum absolute atomic E-state index is 5.40. The van der Waals surface area contributed by atoms with Crippen molar-refractivity contribution in [3.63, 3.8) is 0 Å². The lowest BCUT2D eigenvalue weighted by molar-refractivity contribution is 0.370. The Bertz CT molecular complexity index is 978. The Morgan fingerprint density at radius 3 is 2.55 bits per heavy atom. The third-order valence-corrected chi connectivity index (χ3v) is 4.63. The van der Waals surface area contributed by atoms with Gasteiger partial charge in [-0.3, -0.25) is 9.67 Å². The number of ether oxygens (including phenoxy) is 1. The number of aliphatic imine (C=N–C) groups is 1. The molecule has 0 spiro atoms. The van der Waals surface area contributed by atoms with E-state index in [1.165, 1.54) is 16.7 Å². The molecule has 0 atom stereocenters. The van der Waals surface area contributed by atoms with E-state index in [2.05, 4.69) is 63.0 Å². The van der Waals surface area contributed by atoms with E-state index in [0.29, 0.717) is 6.54 Å². The molecular weight excluding hydrogens is 501 g/mol. The molecule has 0 aliphatic carbocycles. The highest BCUT2D eigenvalue weighted by atomic mass is 127. The fraction of sp³-hybridized carbons (Fsp3) is 0.250. The van der Waals surface area contributed by atoms with Crippen LogP contribution >= 0.6 is 24.0 Å². The molecular formula is C24H28IN5O. The van der Waals surface area contributed by atoms with Crippen LogP contribution in [0, 0.1) is 12.3 Å².